The number of aryl methyl sites for hydroxylation is 1. The van der Waals surface area contributed by atoms with E-state index in [-0.39, 0.29) is 17.6 Å². The molecule has 3 heterocycles. The summed E-state index contributed by atoms with van der Waals surface area (Å²) in [6.45, 7) is 5.43. The highest BCUT2D eigenvalue weighted by atomic mass is 16.5. The summed E-state index contributed by atoms with van der Waals surface area (Å²) >= 11 is 0. The second-order valence-corrected chi connectivity index (χ2v) is 10.7. The fourth-order valence-corrected chi connectivity index (χ4v) is 6.19. The zero-order valence-electron chi connectivity index (χ0n) is 22.8. The maximum atomic E-state index is 13.6. The van der Waals surface area contributed by atoms with Gasteiger partial charge in [0.15, 0.2) is 5.82 Å². The summed E-state index contributed by atoms with van der Waals surface area (Å²) < 4.78 is 7.35. The number of rotatable bonds is 7. The summed E-state index contributed by atoms with van der Waals surface area (Å²) in [7, 11) is 1.69. The molecule has 9 nitrogen and oxygen atoms in total. The lowest BCUT2D eigenvalue weighted by Crippen LogP contribution is -2.49. The molecule has 1 aliphatic carbocycles. The van der Waals surface area contributed by atoms with Crippen LogP contribution in [0.3, 0.4) is 0 Å². The Morgan fingerprint density at radius 2 is 1.77 bits per heavy atom. The first-order valence-electron chi connectivity index (χ1n) is 14.2. The topological polar surface area (TPSA) is 92.2 Å². The molecule has 39 heavy (non-hydrogen) atoms. The maximum Gasteiger partial charge on any atom is 0.253 e. The number of hydrogen-bond acceptors (Lipinski definition) is 7. The molecule has 1 atom stereocenters. The van der Waals surface area contributed by atoms with Crippen LogP contribution in [-0.2, 0) is 6.42 Å². The van der Waals surface area contributed by atoms with Gasteiger partial charge in [-0.15, -0.1) is 5.10 Å². The number of tetrazole rings is 1. The Kier molecular flexibility index (Phi) is 7.32. The molecule has 0 unspecified atom stereocenters. The van der Waals surface area contributed by atoms with Crippen molar-refractivity contribution in [3.05, 3.63) is 75.8 Å². The summed E-state index contributed by atoms with van der Waals surface area (Å²) in [5.74, 6) is 1.63. The summed E-state index contributed by atoms with van der Waals surface area (Å²) in [6.07, 6.45) is 6.72. The van der Waals surface area contributed by atoms with E-state index in [9.17, 15) is 4.79 Å². The van der Waals surface area contributed by atoms with Crippen molar-refractivity contribution in [2.75, 3.05) is 38.2 Å². The molecule has 4 aromatic rings. The highest BCUT2D eigenvalue weighted by Crippen LogP contribution is 2.34. The van der Waals surface area contributed by atoms with Crippen molar-refractivity contribution in [3.8, 4) is 5.75 Å². The Morgan fingerprint density at radius 1 is 1.00 bits per heavy atom. The highest BCUT2D eigenvalue weighted by molar-refractivity contribution is 5.80. The zero-order chi connectivity index (χ0) is 26.8. The number of H-pyrrole nitrogens is 1. The highest BCUT2D eigenvalue weighted by Gasteiger charge is 2.34. The van der Waals surface area contributed by atoms with E-state index in [0.717, 1.165) is 67.9 Å². The first-order valence-corrected chi connectivity index (χ1v) is 14.2. The smallest absolute Gasteiger partial charge is 0.253 e. The van der Waals surface area contributed by atoms with Crippen molar-refractivity contribution in [2.45, 2.75) is 57.5 Å². The van der Waals surface area contributed by atoms with E-state index in [2.05, 4.69) is 67.6 Å². The van der Waals surface area contributed by atoms with E-state index in [1.165, 1.54) is 30.5 Å². The zero-order valence-corrected chi connectivity index (χ0v) is 22.8. The van der Waals surface area contributed by atoms with Crippen molar-refractivity contribution >= 4 is 16.6 Å². The number of hydrogen-bond donors (Lipinski definition) is 1. The van der Waals surface area contributed by atoms with Crippen LogP contribution in [0.25, 0.3) is 10.9 Å². The third kappa shape index (κ3) is 5.15. The molecule has 2 aromatic heterocycles. The van der Waals surface area contributed by atoms with Crippen LogP contribution in [0.1, 0.15) is 68.1 Å². The number of aromatic nitrogens is 5. The van der Waals surface area contributed by atoms with Crippen LogP contribution in [-0.4, -0.2) is 63.4 Å². The molecule has 0 bridgehead atoms. The molecule has 2 fully saturated rings. The third-order valence-electron chi connectivity index (χ3n) is 8.44. The van der Waals surface area contributed by atoms with E-state index in [1.54, 1.807) is 7.11 Å². The van der Waals surface area contributed by atoms with Crippen molar-refractivity contribution in [2.24, 2.45) is 0 Å². The molecule has 6 rings (SSSR count). The summed E-state index contributed by atoms with van der Waals surface area (Å²) in [6, 6.07) is 16.5. The number of nitrogens with one attached hydrogen (secondary N) is 1. The molecule has 1 saturated heterocycles. The minimum atomic E-state index is -0.321. The minimum absolute atomic E-state index is 0.0764. The number of fused-ring (bicyclic) bond motifs is 1. The van der Waals surface area contributed by atoms with Crippen molar-refractivity contribution in [1.82, 2.24) is 30.1 Å². The Morgan fingerprint density at radius 3 is 2.49 bits per heavy atom. The second-order valence-electron chi connectivity index (χ2n) is 10.7. The molecular formula is C30H37N7O2. The molecule has 2 aliphatic rings. The predicted octanol–water partition coefficient (Wildman–Crippen LogP) is 4.50. The Hall–Kier alpha value is -3.72. The van der Waals surface area contributed by atoms with Crippen LogP contribution in [0.15, 0.2) is 53.3 Å². The molecule has 1 aliphatic heterocycles. The minimum Gasteiger partial charge on any atom is -0.497 e. The van der Waals surface area contributed by atoms with Crippen LogP contribution in [0, 0.1) is 0 Å². The molecule has 1 N–H and O–H groups in total. The summed E-state index contributed by atoms with van der Waals surface area (Å²) in [4.78, 5) is 21.5. The fraction of sp³-hybridized carbons (Fsp3) is 0.467. The van der Waals surface area contributed by atoms with Gasteiger partial charge >= 0.3 is 0 Å². The van der Waals surface area contributed by atoms with E-state index in [4.69, 9.17) is 4.74 Å². The number of methoxy groups -OCH3 is 1. The molecule has 0 amide bonds. The van der Waals surface area contributed by atoms with Crippen molar-refractivity contribution in [1.29, 1.82) is 0 Å². The standard InChI is InChI=1S/C30H37N7O2/c1-3-21-9-14-27-22(19-21)20-26(30(38)31-27)28(29-32-33-34-37(29)24-7-5-4-6-8-24)36-17-15-35(16-18-36)23-10-12-25(39-2)13-11-23/h9-14,19-20,24,28H,3-8,15-18H2,1-2H3,(H,31,38)/t28-/m0/s1. The fourth-order valence-electron chi connectivity index (χ4n) is 6.19. The Balaban J connectivity index is 1.37. The van der Waals surface area contributed by atoms with E-state index in [1.807, 2.05) is 22.9 Å². The van der Waals surface area contributed by atoms with Gasteiger partial charge in [0.25, 0.3) is 5.56 Å². The van der Waals surface area contributed by atoms with Gasteiger partial charge in [-0.2, -0.15) is 0 Å². The van der Waals surface area contributed by atoms with E-state index < -0.39 is 0 Å². The van der Waals surface area contributed by atoms with E-state index >= 15 is 0 Å². The molecule has 0 radical (unpaired) electrons. The summed E-state index contributed by atoms with van der Waals surface area (Å²) in [5, 5.41) is 14.2. The number of pyridine rings is 1. The third-order valence-corrected chi connectivity index (χ3v) is 8.44. The average Bonchev–Trinajstić information content (AvgIpc) is 3.48. The van der Waals surface area contributed by atoms with Crippen molar-refractivity contribution < 1.29 is 4.74 Å². The average molecular weight is 528 g/mol. The summed E-state index contributed by atoms with van der Waals surface area (Å²) in [5.41, 5.74) is 3.91. The lowest BCUT2D eigenvalue weighted by atomic mass is 9.95. The number of aromatic amines is 1. The quantitative estimate of drug-likeness (QED) is 0.378. The maximum absolute atomic E-state index is 13.6. The number of nitrogens with zero attached hydrogens (tertiary/aromatic N) is 6. The largest absolute Gasteiger partial charge is 0.497 e. The lowest BCUT2D eigenvalue weighted by Gasteiger charge is -2.40. The number of ether oxygens (including phenoxy) is 1. The van der Waals surface area contributed by atoms with Gasteiger partial charge in [0.05, 0.1) is 13.2 Å². The van der Waals surface area contributed by atoms with Gasteiger partial charge in [0, 0.05) is 42.9 Å². The molecule has 204 valence electrons. The van der Waals surface area contributed by atoms with Crippen LogP contribution in [0.5, 0.6) is 5.75 Å². The second kappa shape index (κ2) is 11.2. The number of piperazine rings is 1. The molecule has 0 spiro atoms. The van der Waals surface area contributed by atoms with Crippen LogP contribution < -0.4 is 15.2 Å². The van der Waals surface area contributed by atoms with Gasteiger partial charge in [-0.25, -0.2) is 4.68 Å². The van der Waals surface area contributed by atoms with Gasteiger partial charge in [-0.1, -0.05) is 32.3 Å². The van der Waals surface area contributed by atoms with Gasteiger partial charge in [-0.05, 0) is 83.1 Å². The predicted molar refractivity (Wildman–Crippen MR) is 153 cm³/mol. The number of benzene rings is 2. The molecule has 2 aromatic carbocycles. The monoisotopic (exact) mass is 527 g/mol. The van der Waals surface area contributed by atoms with Crippen LogP contribution in [0.4, 0.5) is 5.69 Å². The van der Waals surface area contributed by atoms with E-state index in [0.29, 0.717) is 5.56 Å². The van der Waals surface area contributed by atoms with Crippen LogP contribution in [0.2, 0.25) is 0 Å². The molecule has 1 saturated carbocycles. The van der Waals surface area contributed by atoms with Gasteiger partial charge < -0.3 is 14.6 Å². The lowest BCUT2D eigenvalue weighted by molar-refractivity contribution is 0.192. The van der Waals surface area contributed by atoms with Crippen LogP contribution >= 0.6 is 0 Å². The normalized spacial score (nSPS) is 17.9. The molecule has 9 heteroatoms. The van der Waals surface area contributed by atoms with Gasteiger partial charge in [0.2, 0.25) is 0 Å². The van der Waals surface area contributed by atoms with Gasteiger partial charge in [0.1, 0.15) is 11.8 Å². The SMILES string of the molecule is CCc1ccc2[nH]c(=O)c([C@@H](c3nnnn3C3CCCCC3)N3CCN(c4ccc(OC)cc4)CC3)cc2c1. The Labute approximate surface area is 228 Å². The van der Waals surface area contributed by atoms with Crippen molar-refractivity contribution in [3.63, 3.8) is 0 Å². The first-order chi connectivity index (χ1) is 19.1. The molecular weight excluding hydrogens is 490 g/mol. The first kappa shape index (κ1) is 25.6. The Bertz CT molecular complexity index is 1460. The van der Waals surface area contributed by atoms with Gasteiger partial charge in [-0.3, -0.25) is 9.69 Å². The number of anilines is 1.